The van der Waals surface area contributed by atoms with Crippen LogP contribution in [-0.2, 0) is 9.59 Å². The largest absolute Gasteiger partial charge is 0.400 e. The molecule has 1 saturated carbocycles. The molecule has 0 saturated heterocycles. The smallest absolute Gasteiger partial charge is 0.172 e. The summed E-state index contributed by atoms with van der Waals surface area (Å²) in [7, 11) is 0. The summed E-state index contributed by atoms with van der Waals surface area (Å²) in [6, 6.07) is 5.64. The van der Waals surface area contributed by atoms with Crippen LogP contribution in [0.5, 0.6) is 0 Å². The van der Waals surface area contributed by atoms with Gasteiger partial charge in [-0.05, 0) is 12.8 Å². The first-order chi connectivity index (χ1) is 9.52. The Morgan fingerprint density at radius 1 is 1.25 bits per heavy atom. The van der Waals surface area contributed by atoms with Crippen LogP contribution in [0.3, 0.4) is 0 Å². The quantitative estimate of drug-likeness (QED) is 0.733. The average Bonchev–Trinajstić information content (AvgIpc) is 2.99. The van der Waals surface area contributed by atoms with Gasteiger partial charge < -0.3 is 5.73 Å². The van der Waals surface area contributed by atoms with E-state index in [-0.39, 0.29) is 23.5 Å². The van der Waals surface area contributed by atoms with Crippen LogP contribution in [0.15, 0.2) is 11.3 Å². The fraction of sp³-hybridized carbons (Fsp3) is 0.500. The Labute approximate surface area is 116 Å². The third-order valence-corrected chi connectivity index (χ3v) is 4.43. The minimum Gasteiger partial charge on any atom is -0.400 e. The zero-order chi connectivity index (χ0) is 15.0. The number of allylic oxidation sites excluding steroid dienone is 2. The number of carbonyl (C=O) groups excluding carboxylic acids is 2. The molecule has 0 amide bonds. The molecule has 2 rings (SSSR count). The molecule has 20 heavy (non-hydrogen) atoms. The molecule has 1 fully saturated rings. The van der Waals surface area contributed by atoms with Gasteiger partial charge in [-0.15, -0.1) is 0 Å². The molecule has 100 valence electrons. The van der Waals surface area contributed by atoms with E-state index in [1.54, 1.807) is 0 Å². The molecule has 6 heteroatoms. The number of nitrogens with two attached hydrogens (primary N) is 1. The van der Waals surface area contributed by atoms with Gasteiger partial charge in [0.1, 0.15) is 17.5 Å². The summed E-state index contributed by atoms with van der Waals surface area (Å²) in [6.07, 6.45) is 1.59. The standard InChI is InChI=1S/C14H12N4O2/c15-6-13(7-16)4-9(5-19)12(18)14(13,8-17)10-2-1-3-11(10)20/h5,10H,1-4,18H2. The molecule has 2 N–H and O–H groups in total. The van der Waals surface area contributed by atoms with E-state index in [0.29, 0.717) is 25.5 Å². The monoisotopic (exact) mass is 268 g/mol. The lowest BCUT2D eigenvalue weighted by molar-refractivity contribution is -0.123. The number of nitriles is 3. The second-order valence-corrected chi connectivity index (χ2v) is 5.19. The van der Waals surface area contributed by atoms with Crippen LogP contribution in [0.1, 0.15) is 25.7 Å². The van der Waals surface area contributed by atoms with Crippen molar-refractivity contribution in [3.8, 4) is 18.2 Å². The minimum atomic E-state index is -1.77. The Bertz CT molecular complexity index is 630. The molecule has 0 bridgehead atoms. The van der Waals surface area contributed by atoms with Gasteiger partial charge in [0.15, 0.2) is 5.41 Å². The Morgan fingerprint density at radius 2 is 1.90 bits per heavy atom. The van der Waals surface area contributed by atoms with Gasteiger partial charge in [-0.3, -0.25) is 9.59 Å². The molecule has 0 aliphatic heterocycles. The van der Waals surface area contributed by atoms with E-state index in [9.17, 15) is 25.4 Å². The van der Waals surface area contributed by atoms with Crippen molar-refractivity contribution in [1.82, 2.24) is 0 Å². The van der Waals surface area contributed by atoms with E-state index >= 15 is 0 Å². The molecule has 0 aromatic carbocycles. The third kappa shape index (κ3) is 1.35. The van der Waals surface area contributed by atoms with E-state index in [4.69, 9.17) is 5.73 Å². The van der Waals surface area contributed by atoms with Gasteiger partial charge in [0, 0.05) is 30.0 Å². The molecule has 0 aromatic rings. The summed E-state index contributed by atoms with van der Waals surface area (Å²) in [5.74, 6) is -0.958. The Kier molecular flexibility index (Phi) is 3.08. The van der Waals surface area contributed by atoms with Gasteiger partial charge in [0.05, 0.1) is 18.2 Å². The number of carbonyl (C=O) groups is 2. The molecule has 0 aromatic heterocycles. The zero-order valence-electron chi connectivity index (χ0n) is 10.7. The Hall–Kier alpha value is -2.65. The number of hydrogen-bond acceptors (Lipinski definition) is 6. The van der Waals surface area contributed by atoms with Gasteiger partial charge in [-0.2, -0.15) is 15.8 Å². The fourth-order valence-electron chi connectivity index (χ4n) is 3.38. The predicted octanol–water partition coefficient (Wildman–Crippen LogP) is 0.715. The number of rotatable bonds is 2. The summed E-state index contributed by atoms with van der Waals surface area (Å²) < 4.78 is 0. The summed E-state index contributed by atoms with van der Waals surface area (Å²) in [5.41, 5.74) is 2.43. The fourth-order valence-corrected chi connectivity index (χ4v) is 3.38. The van der Waals surface area contributed by atoms with Crippen molar-refractivity contribution in [3.05, 3.63) is 11.3 Å². The SMILES string of the molecule is N#CC1(C#N)CC(C=O)=C(N)C1(C#N)C1CCCC1=O. The van der Waals surface area contributed by atoms with Crippen molar-refractivity contribution in [3.63, 3.8) is 0 Å². The van der Waals surface area contributed by atoms with Crippen LogP contribution in [0.25, 0.3) is 0 Å². The van der Waals surface area contributed by atoms with E-state index < -0.39 is 16.7 Å². The highest BCUT2D eigenvalue weighted by Crippen LogP contribution is 2.59. The topological polar surface area (TPSA) is 132 Å². The predicted molar refractivity (Wildman–Crippen MR) is 65.9 cm³/mol. The van der Waals surface area contributed by atoms with Crippen molar-refractivity contribution in [2.24, 2.45) is 22.5 Å². The van der Waals surface area contributed by atoms with Crippen LogP contribution in [0.2, 0.25) is 0 Å². The second kappa shape index (κ2) is 4.47. The normalized spacial score (nSPS) is 31.4. The molecule has 2 aliphatic carbocycles. The van der Waals surface area contributed by atoms with Crippen LogP contribution in [-0.4, -0.2) is 12.1 Å². The first-order valence-electron chi connectivity index (χ1n) is 6.23. The molecular weight excluding hydrogens is 256 g/mol. The number of nitrogens with zero attached hydrogens (tertiary/aromatic N) is 3. The van der Waals surface area contributed by atoms with Crippen molar-refractivity contribution >= 4 is 12.1 Å². The Morgan fingerprint density at radius 3 is 2.30 bits per heavy atom. The number of ketones is 1. The van der Waals surface area contributed by atoms with Gasteiger partial charge in [-0.25, -0.2) is 0 Å². The molecule has 2 aliphatic rings. The van der Waals surface area contributed by atoms with E-state index in [1.807, 2.05) is 18.2 Å². The maximum atomic E-state index is 12.0. The molecule has 0 heterocycles. The van der Waals surface area contributed by atoms with Crippen molar-refractivity contribution < 1.29 is 9.59 Å². The maximum Gasteiger partial charge on any atom is 0.172 e. The van der Waals surface area contributed by atoms with Gasteiger partial charge >= 0.3 is 0 Å². The highest BCUT2D eigenvalue weighted by molar-refractivity contribution is 5.87. The average molecular weight is 268 g/mol. The van der Waals surface area contributed by atoms with E-state index in [2.05, 4.69) is 0 Å². The summed E-state index contributed by atoms with van der Waals surface area (Å²) >= 11 is 0. The van der Waals surface area contributed by atoms with Crippen LogP contribution < -0.4 is 5.73 Å². The third-order valence-electron chi connectivity index (χ3n) is 4.43. The van der Waals surface area contributed by atoms with Crippen molar-refractivity contribution in [2.45, 2.75) is 25.7 Å². The number of hydrogen-bond donors (Lipinski definition) is 1. The molecule has 2 atom stereocenters. The number of Topliss-reactive ketones (excluding diaryl/α,β-unsaturated/α-hetero) is 1. The first-order valence-corrected chi connectivity index (χ1v) is 6.23. The van der Waals surface area contributed by atoms with Gasteiger partial charge in [0.2, 0.25) is 0 Å². The van der Waals surface area contributed by atoms with Gasteiger partial charge in [-0.1, -0.05) is 0 Å². The molecular formula is C14H12N4O2. The lowest BCUT2D eigenvalue weighted by atomic mass is 9.59. The number of aldehydes is 1. The minimum absolute atomic E-state index is 0.0781. The van der Waals surface area contributed by atoms with Crippen LogP contribution >= 0.6 is 0 Å². The molecule has 0 radical (unpaired) electrons. The summed E-state index contributed by atoms with van der Waals surface area (Å²) in [6.45, 7) is 0. The first kappa shape index (κ1) is 13.8. The highest BCUT2D eigenvalue weighted by Gasteiger charge is 2.66. The Balaban J connectivity index is 2.75. The lowest BCUT2D eigenvalue weighted by Crippen LogP contribution is -2.46. The van der Waals surface area contributed by atoms with Crippen molar-refractivity contribution in [2.75, 3.05) is 0 Å². The van der Waals surface area contributed by atoms with Crippen molar-refractivity contribution in [1.29, 1.82) is 15.8 Å². The molecule has 2 unspecified atom stereocenters. The molecule has 0 spiro atoms. The summed E-state index contributed by atoms with van der Waals surface area (Å²) in [4.78, 5) is 23.1. The van der Waals surface area contributed by atoms with E-state index in [0.717, 1.165) is 0 Å². The van der Waals surface area contributed by atoms with E-state index in [1.165, 1.54) is 0 Å². The maximum absolute atomic E-state index is 12.0. The highest BCUT2D eigenvalue weighted by atomic mass is 16.1. The lowest BCUT2D eigenvalue weighted by Gasteiger charge is -2.36. The molecule has 6 nitrogen and oxygen atoms in total. The second-order valence-electron chi connectivity index (χ2n) is 5.19. The zero-order valence-corrected chi connectivity index (χ0v) is 10.7. The van der Waals surface area contributed by atoms with Crippen LogP contribution in [0.4, 0.5) is 0 Å². The summed E-state index contributed by atoms with van der Waals surface area (Å²) in [5, 5.41) is 28.5. The van der Waals surface area contributed by atoms with Crippen LogP contribution in [0, 0.1) is 50.7 Å². The van der Waals surface area contributed by atoms with Gasteiger partial charge in [0.25, 0.3) is 0 Å².